The van der Waals surface area contributed by atoms with Gasteiger partial charge in [0, 0.05) is 15.4 Å². The van der Waals surface area contributed by atoms with Crippen molar-refractivity contribution in [2.24, 2.45) is 0 Å². The second-order valence-corrected chi connectivity index (χ2v) is 4.17. The SMILES string of the molecule is Nc1csnc1-c1cccc(Br)c1. The maximum Gasteiger partial charge on any atom is 0.107 e. The molecule has 1 heterocycles. The highest BCUT2D eigenvalue weighted by molar-refractivity contribution is 9.10. The molecule has 0 spiro atoms. The standard InChI is InChI=1S/C9H7BrN2S/c10-7-3-1-2-6(4-7)9-8(11)5-13-12-9/h1-5H,11H2. The van der Waals surface area contributed by atoms with Gasteiger partial charge in [-0.3, -0.25) is 0 Å². The predicted octanol–water partition coefficient (Wildman–Crippen LogP) is 3.15. The van der Waals surface area contributed by atoms with E-state index in [1.54, 1.807) is 0 Å². The van der Waals surface area contributed by atoms with Crippen molar-refractivity contribution in [3.8, 4) is 11.3 Å². The van der Waals surface area contributed by atoms with Crippen LogP contribution in [0.3, 0.4) is 0 Å². The van der Waals surface area contributed by atoms with Gasteiger partial charge in [-0.2, -0.15) is 4.37 Å². The third kappa shape index (κ3) is 1.73. The summed E-state index contributed by atoms with van der Waals surface area (Å²) in [5.74, 6) is 0. The molecule has 1 aromatic heterocycles. The van der Waals surface area contributed by atoms with Gasteiger partial charge in [-0.1, -0.05) is 28.1 Å². The summed E-state index contributed by atoms with van der Waals surface area (Å²) in [5, 5.41) is 1.84. The molecule has 0 aliphatic carbocycles. The van der Waals surface area contributed by atoms with E-state index in [0.29, 0.717) is 0 Å². The summed E-state index contributed by atoms with van der Waals surface area (Å²) in [6.07, 6.45) is 0. The lowest BCUT2D eigenvalue weighted by atomic mass is 10.1. The Bertz CT molecular complexity index is 425. The van der Waals surface area contributed by atoms with Gasteiger partial charge in [0.2, 0.25) is 0 Å². The summed E-state index contributed by atoms with van der Waals surface area (Å²) in [4.78, 5) is 0. The minimum absolute atomic E-state index is 0.739. The van der Waals surface area contributed by atoms with Gasteiger partial charge in [-0.05, 0) is 23.7 Å². The summed E-state index contributed by atoms with van der Waals surface area (Å²) in [6, 6.07) is 7.95. The maximum atomic E-state index is 5.76. The van der Waals surface area contributed by atoms with Crippen LogP contribution in [0.1, 0.15) is 0 Å². The van der Waals surface area contributed by atoms with Gasteiger partial charge in [0.05, 0.1) is 5.69 Å². The lowest BCUT2D eigenvalue weighted by molar-refractivity contribution is 1.51. The number of benzene rings is 1. The van der Waals surface area contributed by atoms with Gasteiger partial charge < -0.3 is 5.73 Å². The van der Waals surface area contributed by atoms with E-state index in [9.17, 15) is 0 Å². The molecule has 0 fully saturated rings. The Morgan fingerprint density at radius 3 is 2.85 bits per heavy atom. The van der Waals surface area contributed by atoms with Crippen LogP contribution < -0.4 is 5.73 Å². The van der Waals surface area contributed by atoms with Crippen LogP contribution in [0.5, 0.6) is 0 Å². The fourth-order valence-corrected chi connectivity index (χ4v) is 2.09. The molecular formula is C9H7BrN2S. The average molecular weight is 255 g/mol. The van der Waals surface area contributed by atoms with Gasteiger partial charge in [0.25, 0.3) is 0 Å². The summed E-state index contributed by atoms with van der Waals surface area (Å²) >= 11 is 4.78. The fourth-order valence-electron chi connectivity index (χ4n) is 1.10. The van der Waals surface area contributed by atoms with Crippen LogP contribution in [-0.2, 0) is 0 Å². The van der Waals surface area contributed by atoms with Crippen LogP contribution in [0, 0.1) is 0 Å². The number of hydrogen-bond donors (Lipinski definition) is 1. The number of nitrogen functional groups attached to an aromatic ring is 1. The van der Waals surface area contributed by atoms with Gasteiger partial charge in [-0.25, -0.2) is 0 Å². The van der Waals surface area contributed by atoms with Gasteiger partial charge in [-0.15, -0.1) is 0 Å². The van der Waals surface area contributed by atoms with Crippen molar-refractivity contribution in [1.29, 1.82) is 0 Å². The van der Waals surface area contributed by atoms with E-state index >= 15 is 0 Å². The fraction of sp³-hybridized carbons (Fsp3) is 0. The van der Waals surface area contributed by atoms with E-state index < -0.39 is 0 Å². The monoisotopic (exact) mass is 254 g/mol. The molecule has 13 heavy (non-hydrogen) atoms. The van der Waals surface area contributed by atoms with Crippen molar-refractivity contribution >= 4 is 33.1 Å². The molecule has 66 valence electrons. The highest BCUT2D eigenvalue weighted by atomic mass is 79.9. The Labute approximate surface area is 88.7 Å². The zero-order valence-corrected chi connectivity index (χ0v) is 9.10. The minimum atomic E-state index is 0.739. The Balaban J connectivity index is 2.53. The normalized spacial score (nSPS) is 10.2. The number of hydrogen-bond acceptors (Lipinski definition) is 3. The number of rotatable bonds is 1. The molecule has 2 rings (SSSR count). The zero-order chi connectivity index (χ0) is 9.26. The molecule has 0 aliphatic heterocycles. The van der Waals surface area contributed by atoms with E-state index in [1.807, 2.05) is 29.6 Å². The van der Waals surface area contributed by atoms with Crippen LogP contribution in [-0.4, -0.2) is 4.37 Å². The topological polar surface area (TPSA) is 38.9 Å². The zero-order valence-electron chi connectivity index (χ0n) is 6.70. The third-order valence-corrected chi connectivity index (χ3v) is 2.84. The first-order valence-electron chi connectivity index (χ1n) is 3.73. The molecule has 0 bridgehead atoms. The second kappa shape index (κ2) is 3.47. The Hall–Kier alpha value is -0.870. The van der Waals surface area contributed by atoms with Crippen molar-refractivity contribution in [2.45, 2.75) is 0 Å². The molecule has 2 N–H and O–H groups in total. The Morgan fingerprint density at radius 2 is 2.23 bits per heavy atom. The first kappa shape index (κ1) is 8.72. The molecule has 4 heteroatoms. The molecule has 0 aliphatic rings. The molecule has 2 nitrogen and oxygen atoms in total. The number of nitrogens with two attached hydrogens (primary N) is 1. The van der Waals surface area contributed by atoms with E-state index in [2.05, 4.69) is 20.3 Å². The van der Waals surface area contributed by atoms with Crippen molar-refractivity contribution in [2.75, 3.05) is 5.73 Å². The summed E-state index contributed by atoms with van der Waals surface area (Å²) < 4.78 is 5.26. The highest BCUT2D eigenvalue weighted by Gasteiger charge is 2.04. The largest absolute Gasteiger partial charge is 0.396 e. The van der Waals surface area contributed by atoms with Gasteiger partial charge >= 0.3 is 0 Å². The quantitative estimate of drug-likeness (QED) is 0.850. The van der Waals surface area contributed by atoms with Crippen molar-refractivity contribution in [3.05, 3.63) is 34.1 Å². The number of nitrogens with zero attached hydrogens (tertiary/aromatic N) is 1. The first-order valence-corrected chi connectivity index (χ1v) is 5.36. The maximum absolute atomic E-state index is 5.76. The molecule has 0 saturated carbocycles. The van der Waals surface area contributed by atoms with Crippen LogP contribution >= 0.6 is 27.5 Å². The van der Waals surface area contributed by atoms with Gasteiger partial charge in [0.1, 0.15) is 5.69 Å². The molecule has 0 atom stereocenters. The number of aromatic nitrogens is 1. The first-order chi connectivity index (χ1) is 6.27. The third-order valence-electron chi connectivity index (χ3n) is 1.70. The average Bonchev–Trinajstić information content (AvgIpc) is 2.51. The molecule has 0 radical (unpaired) electrons. The van der Waals surface area contributed by atoms with Crippen molar-refractivity contribution in [1.82, 2.24) is 4.37 Å². The second-order valence-electron chi connectivity index (χ2n) is 2.63. The summed E-state index contributed by atoms with van der Waals surface area (Å²) in [5.41, 5.74) is 8.41. The van der Waals surface area contributed by atoms with E-state index in [1.165, 1.54) is 11.5 Å². The van der Waals surface area contributed by atoms with Crippen LogP contribution in [0.4, 0.5) is 5.69 Å². The van der Waals surface area contributed by atoms with E-state index in [4.69, 9.17) is 5.73 Å². The van der Waals surface area contributed by atoms with Crippen LogP contribution in [0.2, 0.25) is 0 Å². The van der Waals surface area contributed by atoms with Crippen molar-refractivity contribution in [3.63, 3.8) is 0 Å². The molecule has 1 aromatic carbocycles. The molecule has 0 amide bonds. The predicted molar refractivity (Wildman–Crippen MR) is 59.7 cm³/mol. The minimum Gasteiger partial charge on any atom is -0.396 e. The number of anilines is 1. The molecular weight excluding hydrogens is 248 g/mol. The van der Waals surface area contributed by atoms with Crippen LogP contribution in [0.25, 0.3) is 11.3 Å². The van der Waals surface area contributed by atoms with Gasteiger partial charge in [0.15, 0.2) is 0 Å². The summed E-state index contributed by atoms with van der Waals surface area (Å²) in [6.45, 7) is 0. The van der Waals surface area contributed by atoms with E-state index in [0.717, 1.165) is 21.4 Å². The number of halogens is 1. The molecule has 2 aromatic rings. The Kier molecular flexibility index (Phi) is 2.33. The van der Waals surface area contributed by atoms with Crippen LogP contribution in [0.15, 0.2) is 34.1 Å². The van der Waals surface area contributed by atoms with E-state index in [-0.39, 0.29) is 0 Å². The lowest BCUT2D eigenvalue weighted by Crippen LogP contribution is -1.85. The summed E-state index contributed by atoms with van der Waals surface area (Å²) in [7, 11) is 0. The van der Waals surface area contributed by atoms with Crippen molar-refractivity contribution < 1.29 is 0 Å². The highest BCUT2D eigenvalue weighted by Crippen LogP contribution is 2.27. The molecule has 0 unspecified atom stereocenters. The smallest absolute Gasteiger partial charge is 0.107 e. The lowest BCUT2D eigenvalue weighted by Gasteiger charge is -1.98. The molecule has 0 saturated heterocycles. The Morgan fingerprint density at radius 1 is 1.38 bits per heavy atom.